The lowest BCUT2D eigenvalue weighted by Gasteiger charge is -2.18. The van der Waals surface area contributed by atoms with Gasteiger partial charge in [0.25, 0.3) is 0 Å². The van der Waals surface area contributed by atoms with E-state index in [0.717, 1.165) is 38.5 Å². The SMILES string of the molecule is CCCCC/C=C\C/C=C\CCCCCCCCC(CCCCCCCC/C=C\C/C=C\CCCCC)NC(=O)CC(=O)O. The molecule has 0 unspecified atom stereocenters. The first-order valence-corrected chi connectivity index (χ1v) is 18.7. The summed E-state index contributed by atoms with van der Waals surface area (Å²) in [5, 5.41) is 12.0. The number of carboxylic acids is 1. The van der Waals surface area contributed by atoms with Gasteiger partial charge in [-0.1, -0.05) is 152 Å². The van der Waals surface area contributed by atoms with Gasteiger partial charge in [-0.05, 0) is 77.0 Å². The Kier molecular flexibility index (Phi) is 33.7. The van der Waals surface area contributed by atoms with E-state index in [2.05, 4.69) is 67.8 Å². The maximum Gasteiger partial charge on any atom is 0.312 e. The molecule has 0 aromatic rings. The number of amides is 1. The molecule has 0 aromatic carbocycles. The number of unbranched alkanes of at least 4 members (excludes halogenated alkanes) is 18. The van der Waals surface area contributed by atoms with Gasteiger partial charge in [-0.3, -0.25) is 9.59 Å². The first-order chi connectivity index (χ1) is 21.6. The lowest BCUT2D eigenvalue weighted by molar-refractivity contribution is -0.140. The van der Waals surface area contributed by atoms with Crippen molar-refractivity contribution in [2.45, 2.75) is 193 Å². The van der Waals surface area contributed by atoms with Gasteiger partial charge in [0.15, 0.2) is 0 Å². The average molecular weight is 614 g/mol. The van der Waals surface area contributed by atoms with Gasteiger partial charge >= 0.3 is 5.97 Å². The van der Waals surface area contributed by atoms with Crippen molar-refractivity contribution in [2.75, 3.05) is 0 Å². The third-order valence-corrected chi connectivity index (χ3v) is 8.18. The second-order valence-electron chi connectivity index (χ2n) is 12.6. The number of carboxylic acid groups (broad SMARTS) is 1. The van der Waals surface area contributed by atoms with Crippen LogP contribution in [0.4, 0.5) is 0 Å². The van der Waals surface area contributed by atoms with E-state index in [9.17, 15) is 9.59 Å². The van der Waals surface area contributed by atoms with E-state index in [-0.39, 0.29) is 11.9 Å². The minimum Gasteiger partial charge on any atom is -0.481 e. The zero-order valence-electron chi connectivity index (χ0n) is 29.1. The van der Waals surface area contributed by atoms with Crippen LogP contribution in [0.5, 0.6) is 0 Å². The molecule has 0 radical (unpaired) electrons. The predicted octanol–water partition coefficient (Wildman–Crippen LogP) is 12.4. The van der Waals surface area contributed by atoms with Crippen molar-refractivity contribution in [2.24, 2.45) is 0 Å². The van der Waals surface area contributed by atoms with Crippen LogP contribution in [0, 0.1) is 0 Å². The molecule has 0 heterocycles. The molecule has 0 saturated heterocycles. The topological polar surface area (TPSA) is 66.4 Å². The standard InChI is InChI=1S/C40H71NO3/c1-3-5-7-9-11-13-15-17-19-21-23-25-27-29-31-33-35-38(41-39(42)37-40(43)44)36-34-32-30-28-26-24-22-20-18-16-14-12-10-8-6-4-2/h11-14,17-20,38H,3-10,15-16,21-37H2,1-2H3,(H,41,42)(H,43,44)/b13-11-,14-12-,19-17-,20-18-. The molecular formula is C40H71NO3. The van der Waals surface area contributed by atoms with Crippen molar-refractivity contribution in [3.8, 4) is 0 Å². The third-order valence-electron chi connectivity index (χ3n) is 8.18. The summed E-state index contributed by atoms with van der Waals surface area (Å²) in [6.45, 7) is 4.49. The molecule has 0 aliphatic rings. The fraction of sp³-hybridized carbons (Fsp3) is 0.750. The lowest BCUT2D eigenvalue weighted by atomic mass is 9.99. The molecule has 254 valence electrons. The number of allylic oxidation sites excluding steroid dienone is 8. The molecule has 2 N–H and O–H groups in total. The summed E-state index contributed by atoms with van der Waals surface area (Å²) in [5.41, 5.74) is 0. The first-order valence-electron chi connectivity index (χ1n) is 18.7. The minimum atomic E-state index is -1.05. The normalized spacial score (nSPS) is 12.2. The van der Waals surface area contributed by atoms with Crippen molar-refractivity contribution >= 4 is 11.9 Å². The van der Waals surface area contributed by atoms with E-state index in [1.54, 1.807) is 0 Å². The van der Waals surface area contributed by atoms with Gasteiger partial charge in [0, 0.05) is 6.04 Å². The van der Waals surface area contributed by atoms with E-state index >= 15 is 0 Å². The molecule has 0 aliphatic heterocycles. The van der Waals surface area contributed by atoms with Crippen LogP contribution in [0.1, 0.15) is 187 Å². The molecule has 4 nitrogen and oxygen atoms in total. The molecule has 0 bridgehead atoms. The zero-order valence-corrected chi connectivity index (χ0v) is 29.1. The molecular weight excluding hydrogens is 542 g/mol. The molecule has 0 aliphatic carbocycles. The second-order valence-corrected chi connectivity index (χ2v) is 12.6. The molecule has 0 fully saturated rings. The quantitative estimate of drug-likeness (QED) is 0.0439. The van der Waals surface area contributed by atoms with Gasteiger partial charge < -0.3 is 10.4 Å². The Morgan fingerprint density at radius 2 is 0.841 bits per heavy atom. The summed E-state index contributed by atoms with van der Waals surface area (Å²) < 4.78 is 0. The molecule has 1 amide bonds. The lowest BCUT2D eigenvalue weighted by Crippen LogP contribution is -2.35. The van der Waals surface area contributed by atoms with Crippen LogP contribution in [-0.4, -0.2) is 23.0 Å². The van der Waals surface area contributed by atoms with Crippen LogP contribution in [0.2, 0.25) is 0 Å². The van der Waals surface area contributed by atoms with Crippen molar-refractivity contribution in [1.82, 2.24) is 5.32 Å². The van der Waals surface area contributed by atoms with E-state index in [0.29, 0.717) is 0 Å². The number of carbonyl (C=O) groups is 2. The summed E-state index contributed by atoms with van der Waals surface area (Å²) in [4.78, 5) is 23.0. The van der Waals surface area contributed by atoms with Crippen LogP contribution in [0.15, 0.2) is 48.6 Å². The predicted molar refractivity (Wildman–Crippen MR) is 192 cm³/mol. The largest absolute Gasteiger partial charge is 0.481 e. The third kappa shape index (κ3) is 34.4. The molecule has 44 heavy (non-hydrogen) atoms. The van der Waals surface area contributed by atoms with Crippen LogP contribution >= 0.6 is 0 Å². The van der Waals surface area contributed by atoms with Gasteiger partial charge in [-0.25, -0.2) is 0 Å². The monoisotopic (exact) mass is 614 g/mol. The molecule has 0 aromatic heterocycles. The fourth-order valence-electron chi connectivity index (χ4n) is 5.46. The van der Waals surface area contributed by atoms with Crippen molar-refractivity contribution in [1.29, 1.82) is 0 Å². The fourth-order valence-corrected chi connectivity index (χ4v) is 5.46. The number of hydrogen-bond acceptors (Lipinski definition) is 2. The van der Waals surface area contributed by atoms with E-state index in [1.165, 1.54) is 128 Å². The van der Waals surface area contributed by atoms with Gasteiger partial charge in [0.05, 0.1) is 0 Å². The number of rotatable bonds is 33. The van der Waals surface area contributed by atoms with Gasteiger partial charge in [-0.2, -0.15) is 0 Å². The Balaban J connectivity index is 3.90. The van der Waals surface area contributed by atoms with Crippen molar-refractivity contribution in [3.05, 3.63) is 48.6 Å². The zero-order chi connectivity index (χ0) is 32.2. The van der Waals surface area contributed by atoms with Crippen LogP contribution in [0.25, 0.3) is 0 Å². The minimum absolute atomic E-state index is 0.110. The van der Waals surface area contributed by atoms with Crippen molar-refractivity contribution in [3.63, 3.8) is 0 Å². The van der Waals surface area contributed by atoms with Gasteiger partial charge in [0.2, 0.25) is 5.91 Å². The Labute approximate surface area is 273 Å². The molecule has 0 rings (SSSR count). The number of nitrogens with one attached hydrogen (secondary N) is 1. The Morgan fingerprint density at radius 1 is 0.500 bits per heavy atom. The first kappa shape index (κ1) is 41.9. The van der Waals surface area contributed by atoms with E-state index < -0.39 is 12.4 Å². The highest BCUT2D eigenvalue weighted by molar-refractivity contribution is 5.93. The Hall–Kier alpha value is -2.10. The highest BCUT2D eigenvalue weighted by atomic mass is 16.4. The highest BCUT2D eigenvalue weighted by Crippen LogP contribution is 2.16. The van der Waals surface area contributed by atoms with E-state index in [1.807, 2.05) is 0 Å². The van der Waals surface area contributed by atoms with Crippen LogP contribution < -0.4 is 5.32 Å². The second kappa shape index (κ2) is 35.4. The van der Waals surface area contributed by atoms with Crippen LogP contribution in [-0.2, 0) is 9.59 Å². The van der Waals surface area contributed by atoms with E-state index in [4.69, 9.17) is 5.11 Å². The van der Waals surface area contributed by atoms with Gasteiger partial charge in [-0.15, -0.1) is 0 Å². The summed E-state index contributed by atoms with van der Waals surface area (Å²) in [7, 11) is 0. The smallest absolute Gasteiger partial charge is 0.312 e. The molecule has 0 spiro atoms. The summed E-state index contributed by atoms with van der Waals surface area (Å²) in [6, 6.07) is 0.110. The Bertz CT molecular complexity index is 704. The Morgan fingerprint density at radius 3 is 1.20 bits per heavy atom. The van der Waals surface area contributed by atoms with Crippen molar-refractivity contribution < 1.29 is 14.7 Å². The number of aliphatic carboxylic acids is 1. The summed E-state index contributed by atoms with van der Waals surface area (Å²) in [5.74, 6) is -1.40. The molecule has 0 atom stereocenters. The number of carbonyl (C=O) groups excluding carboxylic acids is 1. The average Bonchev–Trinajstić information content (AvgIpc) is 3.00. The van der Waals surface area contributed by atoms with Gasteiger partial charge in [0.1, 0.15) is 6.42 Å². The maximum atomic E-state index is 12.1. The maximum absolute atomic E-state index is 12.1. The molecule has 0 saturated carbocycles. The number of hydrogen-bond donors (Lipinski definition) is 2. The molecule has 4 heteroatoms. The van der Waals surface area contributed by atoms with Crippen LogP contribution in [0.3, 0.4) is 0 Å². The summed E-state index contributed by atoms with van der Waals surface area (Å²) in [6.07, 6.45) is 49.4. The highest BCUT2D eigenvalue weighted by Gasteiger charge is 2.14. The summed E-state index contributed by atoms with van der Waals surface area (Å²) >= 11 is 0.